The Morgan fingerprint density at radius 1 is 0.970 bits per heavy atom. The second-order valence-corrected chi connectivity index (χ2v) is 7.91. The predicted molar refractivity (Wildman–Crippen MR) is 129 cm³/mol. The third-order valence-corrected chi connectivity index (χ3v) is 5.38. The molecule has 0 saturated carbocycles. The second-order valence-electron chi connectivity index (χ2n) is 7.91. The molecule has 0 aromatic heterocycles. The number of nitrogens with one attached hydrogen (secondary N) is 1. The fourth-order valence-corrected chi connectivity index (χ4v) is 3.41. The van der Waals surface area contributed by atoms with Gasteiger partial charge < -0.3 is 24.4 Å². The molecule has 0 heterocycles. The number of hydrogen-bond acceptors (Lipinski definition) is 5. The molecule has 0 aliphatic rings. The van der Waals surface area contributed by atoms with Gasteiger partial charge in [-0.1, -0.05) is 50.1 Å². The fourth-order valence-electron chi connectivity index (χ4n) is 3.41. The lowest BCUT2D eigenvalue weighted by molar-refractivity contribution is -0.143. The lowest BCUT2D eigenvalue weighted by atomic mass is 10.1. The number of hydrogen-bond donors (Lipinski definition) is 1. The molecule has 0 unspecified atom stereocenters. The first-order valence-corrected chi connectivity index (χ1v) is 11.4. The Morgan fingerprint density at radius 3 is 2.12 bits per heavy atom. The van der Waals surface area contributed by atoms with Crippen LogP contribution in [0.25, 0.3) is 0 Å². The highest BCUT2D eigenvalue weighted by Crippen LogP contribution is 2.27. The number of carbonyl (C=O) groups is 2. The molecule has 0 radical (unpaired) electrons. The van der Waals surface area contributed by atoms with Crippen molar-refractivity contribution < 1.29 is 23.8 Å². The van der Waals surface area contributed by atoms with E-state index in [2.05, 4.69) is 12.2 Å². The van der Waals surface area contributed by atoms with Crippen molar-refractivity contribution in [3.05, 3.63) is 53.6 Å². The van der Waals surface area contributed by atoms with Crippen LogP contribution in [0.5, 0.6) is 17.2 Å². The minimum absolute atomic E-state index is 0.144. The van der Waals surface area contributed by atoms with Gasteiger partial charge in [-0.05, 0) is 25.3 Å². The van der Waals surface area contributed by atoms with E-state index in [9.17, 15) is 9.59 Å². The van der Waals surface area contributed by atoms with Crippen LogP contribution in [-0.2, 0) is 16.1 Å². The number of benzene rings is 2. The molecule has 1 atom stereocenters. The minimum atomic E-state index is -0.584. The van der Waals surface area contributed by atoms with Crippen LogP contribution in [-0.4, -0.2) is 50.1 Å². The van der Waals surface area contributed by atoms with Gasteiger partial charge >= 0.3 is 0 Å². The summed E-state index contributed by atoms with van der Waals surface area (Å²) in [6, 6.07) is 12.5. The van der Waals surface area contributed by atoms with Crippen molar-refractivity contribution in [1.29, 1.82) is 0 Å². The van der Waals surface area contributed by atoms with Crippen LogP contribution in [0.15, 0.2) is 42.5 Å². The summed E-state index contributed by atoms with van der Waals surface area (Å²) in [7, 11) is 3.10. The fraction of sp³-hybridized carbons (Fsp3) is 0.462. The summed E-state index contributed by atoms with van der Waals surface area (Å²) < 4.78 is 16.3. The van der Waals surface area contributed by atoms with Crippen molar-refractivity contribution in [1.82, 2.24) is 10.2 Å². The maximum Gasteiger partial charge on any atom is 0.261 e. The molecule has 2 aromatic rings. The smallest absolute Gasteiger partial charge is 0.261 e. The Balaban J connectivity index is 2.21. The molecule has 0 bridgehead atoms. The zero-order valence-electron chi connectivity index (χ0n) is 20.3. The van der Waals surface area contributed by atoms with E-state index in [0.717, 1.165) is 24.0 Å². The molecule has 7 nitrogen and oxygen atoms in total. The molecule has 0 aliphatic carbocycles. The number of carbonyl (C=O) groups excluding carboxylic acids is 2. The molecular formula is C26H36N2O5. The molecule has 0 spiro atoms. The Kier molecular flexibility index (Phi) is 10.5. The topological polar surface area (TPSA) is 77.1 Å². The van der Waals surface area contributed by atoms with Gasteiger partial charge in [0.25, 0.3) is 5.91 Å². The molecule has 1 N–H and O–H groups in total. The van der Waals surface area contributed by atoms with Gasteiger partial charge in [0.1, 0.15) is 23.3 Å². The highest BCUT2D eigenvalue weighted by atomic mass is 16.5. The molecule has 0 aliphatic heterocycles. The summed E-state index contributed by atoms with van der Waals surface area (Å²) in [5.41, 5.74) is 2.09. The average Bonchev–Trinajstić information content (AvgIpc) is 2.83. The maximum atomic E-state index is 13.3. The predicted octanol–water partition coefficient (Wildman–Crippen LogP) is 4.11. The van der Waals surface area contributed by atoms with E-state index in [0.29, 0.717) is 36.8 Å². The largest absolute Gasteiger partial charge is 0.496 e. The van der Waals surface area contributed by atoms with E-state index in [1.165, 1.54) is 0 Å². The lowest BCUT2D eigenvalue weighted by Gasteiger charge is -2.30. The quantitative estimate of drug-likeness (QED) is 0.459. The molecule has 2 rings (SSSR count). The summed E-state index contributed by atoms with van der Waals surface area (Å²) in [5.74, 6) is 1.17. The van der Waals surface area contributed by atoms with E-state index >= 15 is 0 Å². The lowest BCUT2D eigenvalue weighted by Crippen LogP contribution is -2.50. The van der Waals surface area contributed by atoms with Gasteiger partial charge in [-0.3, -0.25) is 9.59 Å². The molecule has 33 heavy (non-hydrogen) atoms. The Bertz CT molecular complexity index is 876. The first-order chi connectivity index (χ1) is 15.9. The first kappa shape index (κ1) is 26.0. The van der Waals surface area contributed by atoms with E-state index in [4.69, 9.17) is 14.2 Å². The van der Waals surface area contributed by atoms with Crippen molar-refractivity contribution in [3.8, 4) is 17.2 Å². The Morgan fingerprint density at radius 2 is 1.58 bits per heavy atom. The average molecular weight is 457 g/mol. The molecular weight excluding hydrogens is 420 g/mol. The van der Waals surface area contributed by atoms with Crippen molar-refractivity contribution in [2.24, 2.45) is 0 Å². The highest BCUT2D eigenvalue weighted by Gasteiger charge is 2.28. The summed E-state index contributed by atoms with van der Waals surface area (Å²) in [6.45, 7) is 6.71. The molecule has 2 aromatic carbocycles. The van der Waals surface area contributed by atoms with Gasteiger partial charge in [0.2, 0.25) is 5.91 Å². The van der Waals surface area contributed by atoms with Crippen LogP contribution >= 0.6 is 0 Å². The van der Waals surface area contributed by atoms with Crippen LogP contribution in [0.4, 0.5) is 0 Å². The number of unbranched alkanes of at least 4 members (excludes halogenated alkanes) is 1. The van der Waals surface area contributed by atoms with E-state index in [1.54, 1.807) is 37.3 Å². The number of amides is 2. The van der Waals surface area contributed by atoms with Crippen LogP contribution in [0.1, 0.15) is 44.2 Å². The number of rotatable bonds is 13. The number of ether oxygens (including phenoxy) is 3. The van der Waals surface area contributed by atoms with Gasteiger partial charge in [0.05, 0.1) is 14.2 Å². The molecule has 2 amide bonds. The van der Waals surface area contributed by atoms with Crippen molar-refractivity contribution >= 4 is 11.8 Å². The molecule has 0 saturated heterocycles. The van der Waals surface area contributed by atoms with Crippen LogP contribution in [0, 0.1) is 6.92 Å². The Labute approximate surface area is 197 Å². The summed E-state index contributed by atoms with van der Waals surface area (Å²) in [6.07, 6.45) is 2.39. The normalized spacial score (nSPS) is 11.4. The number of methoxy groups -OCH3 is 2. The van der Waals surface area contributed by atoms with Gasteiger partial charge in [-0.2, -0.15) is 0 Å². The summed E-state index contributed by atoms with van der Waals surface area (Å²) in [4.78, 5) is 27.8. The van der Waals surface area contributed by atoms with E-state index < -0.39 is 6.04 Å². The van der Waals surface area contributed by atoms with Gasteiger partial charge in [0, 0.05) is 31.3 Å². The van der Waals surface area contributed by atoms with Gasteiger partial charge in [0.15, 0.2) is 6.61 Å². The monoisotopic (exact) mass is 456 g/mol. The van der Waals surface area contributed by atoms with Crippen molar-refractivity contribution in [3.63, 3.8) is 0 Å². The zero-order valence-corrected chi connectivity index (χ0v) is 20.3. The van der Waals surface area contributed by atoms with Crippen LogP contribution in [0.2, 0.25) is 0 Å². The van der Waals surface area contributed by atoms with E-state index in [-0.39, 0.29) is 18.4 Å². The Hall–Kier alpha value is -3.22. The standard InChI is InChI=1S/C26H36N2O5/c1-6-8-13-27-26(30)24(7-2)28(17-20-11-9-19(3)10-12-20)25(29)18-33-23-15-21(31-4)14-22(16-23)32-5/h9-12,14-16,24H,6-8,13,17-18H2,1-5H3,(H,27,30)/t24-/m1/s1. The third-order valence-electron chi connectivity index (χ3n) is 5.38. The third kappa shape index (κ3) is 8.00. The molecule has 7 heteroatoms. The minimum Gasteiger partial charge on any atom is -0.496 e. The molecule has 0 fully saturated rings. The van der Waals surface area contributed by atoms with Crippen LogP contribution in [0.3, 0.4) is 0 Å². The highest BCUT2D eigenvalue weighted by molar-refractivity contribution is 5.88. The van der Waals surface area contributed by atoms with Crippen LogP contribution < -0.4 is 19.5 Å². The van der Waals surface area contributed by atoms with Gasteiger partial charge in [-0.15, -0.1) is 0 Å². The van der Waals surface area contributed by atoms with Crippen molar-refractivity contribution in [2.75, 3.05) is 27.4 Å². The van der Waals surface area contributed by atoms with Gasteiger partial charge in [-0.25, -0.2) is 0 Å². The number of nitrogens with zero attached hydrogens (tertiary/aromatic N) is 1. The maximum absolute atomic E-state index is 13.3. The number of aryl methyl sites for hydroxylation is 1. The first-order valence-electron chi connectivity index (χ1n) is 11.4. The summed E-state index contributed by atoms with van der Waals surface area (Å²) in [5, 5.41) is 2.96. The SMILES string of the molecule is CCCCNC(=O)[C@@H](CC)N(Cc1ccc(C)cc1)C(=O)COc1cc(OC)cc(OC)c1. The van der Waals surface area contributed by atoms with E-state index in [1.807, 2.05) is 38.1 Å². The summed E-state index contributed by atoms with van der Waals surface area (Å²) >= 11 is 0. The molecule has 180 valence electrons. The second kappa shape index (κ2) is 13.4. The van der Waals surface area contributed by atoms with Crippen molar-refractivity contribution in [2.45, 2.75) is 52.6 Å². The zero-order chi connectivity index (χ0) is 24.2.